The second-order valence-corrected chi connectivity index (χ2v) is 5.31. The molecule has 0 aliphatic heterocycles. The third-order valence-corrected chi connectivity index (χ3v) is 2.34. The second-order valence-electron chi connectivity index (χ2n) is 5.31. The van der Waals surface area contributed by atoms with Crippen LogP contribution in [0.15, 0.2) is 4.99 Å². The summed E-state index contributed by atoms with van der Waals surface area (Å²) in [4.78, 5) is 13.7. The Kier molecular flexibility index (Phi) is 4.35. The van der Waals surface area contributed by atoms with E-state index >= 15 is 0 Å². The first-order valence-electron chi connectivity index (χ1n) is 4.87. The average Bonchev–Trinajstić information content (AvgIpc) is 1.98. The minimum absolute atomic E-state index is 0.148. The van der Waals surface area contributed by atoms with Crippen molar-refractivity contribution in [1.82, 2.24) is 0 Å². The van der Waals surface area contributed by atoms with Crippen LogP contribution >= 0.6 is 0 Å². The molecule has 1 atom stereocenters. The largest absolute Gasteiger partial charge is 0.234 e. The molecule has 0 rings (SSSR count). The van der Waals surface area contributed by atoms with Crippen molar-refractivity contribution in [2.24, 2.45) is 15.8 Å². The molecule has 76 valence electrons. The van der Waals surface area contributed by atoms with Gasteiger partial charge in [0.25, 0.3) is 0 Å². The molecule has 0 aliphatic carbocycles. The highest BCUT2D eigenvalue weighted by Gasteiger charge is 2.28. The van der Waals surface area contributed by atoms with Gasteiger partial charge in [0.1, 0.15) is 0 Å². The molecule has 0 radical (unpaired) electrons. The summed E-state index contributed by atoms with van der Waals surface area (Å²) in [6, 6.07) is 0. The second kappa shape index (κ2) is 4.57. The maximum atomic E-state index is 10.0. The van der Waals surface area contributed by atoms with Crippen molar-refractivity contribution in [2.75, 3.05) is 6.54 Å². The molecule has 0 aliphatic rings. The van der Waals surface area contributed by atoms with Crippen LogP contribution in [0.3, 0.4) is 0 Å². The first-order valence-corrected chi connectivity index (χ1v) is 4.87. The Balaban J connectivity index is 4.35. The standard InChI is InChI=1S/C11H21NO/c1-6-11(5,8-12-9-13)7-10(2,3)4/h6-8H2,1-5H3. The van der Waals surface area contributed by atoms with E-state index in [2.05, 4.69) is 39.6 Å². The van der Waals surface area contributed by atoms with E-state index in [4.69, 9.17) is 0 Å². The first-order chi connectivity index (χ1) is 5.83. The Hall–Kier alpha value is -0.620. The van der Waals surface area contributed by atoms with Crippen molar-refractivity contribution < 1.29 is 4.79 Å². The molecule has 0 saturated carbocycles. The molecule has 0 amide bonds. The van der Waals surface area contributed by atoms with Gasteiger partial charge in [-0.2, -0.15) is 0 Å². The molecule has 0 N–H and O–H groups in total. The van der Waals surface area contributed by atoms with Crippen molar-refractivity contribution in [3.63, 3.8) is 0 Å². The summed E-state index contributed by atoms with van der Waals surface area (Å²) in [6.45, 7) is 11.6. The normalized spacial score (nSPS) is 16.1. The zero-order valence-corrected chi connectivity index (χ0v) is 9.48. The molecule has 0 aromatic heterocycles. The van der Waals surface area contributed by atoms with Gasteiger partial charge in [0.2, 0.25) is 6.08 Å². The Labute approximate surface area is 81.4 Å². The summed E-state index contributed by atoms with van der Waals surface area (Å²) >= 11 is 0. The number of isocyanates is 1. The summed E-state index contributed by atoms with van der Waals surface area (Å²) in [5.74, 6) is 0. The Bertz CT molecular complexity index is 199. The quantitative estimate of drug-likeness (QED) is 0.486. The number of carbonyl (C=O) groups excluding carboxylic acids is 1. The lowest BCUT2D eigenvalue weighted by Crippen LogP contribution is -2.26. The third-order valence-electron chi connectivity index (χ3n) is 2.34. The zero-order valence-electron chi connectivity index (χ0n) is 9.48. The number of rotatable bonds is 4. The van der Waals surface area contributed by atoms with Crippen LogP contribution in [0.5, 0.6) is 0 Å². The van der Waals surface area contributed by atoms with E-state index in [1.165, 1.54) is 0 Å². The lowest BCUT2D eigenvalue weighted by Gasteiger charge is -2.33. The topological polar surface area (TPSA) is 29.4 Å². The van der Waals surface area contributed by atoms with Crippen LogP contribution in [-0.2, 0) is 4.79 Å². The molecule has 0 spiro atoms. The summed E-state index contributed by atoms with van der Waals surface area (Å²) in [5, 5.41) is 0. The lowest BCUT2D eigenvalue weighted by atomic mass is 9.73. The van der Waals surface area contributed by atoms with Crippen molar-refractivity contribution in [2.45, 2.75) is 47.5 Å². The smallest absolute Gasteiger partial charge is 0.211 e. The summed E-state index contributed by atoms with van der Waals surface area (Å²) in [6.07, 6.45) is 3.75. The van der Waals surface area contributed by atoms with Crippen LogP contribution in [0.25, 0.3) is 0 Å². The molecule has 2 heteroatoms. The van der Waals surface area contributed by atoms with Gasteiger partial charge in [-0.3, -0.25) is 0 Å². The van der Waals surface area contributed by atoms with E-state index in [0.29, 0.717) is 12.0 Å². The van der Waals surface area contributed by atoms with Gasteiger partial charge in [-0.05, 0) is 23.7 Å². The predicted octanol–water partition coefficient (Wildman–Crippen LogP) is 3.17. The first kappa shape index (κ1) is 12.4. The van der Waals surface area contributed by atoms with Gasteiger partial charge < -0.3 is 0 Å². The van der Waals surface area contributed by atoms with Crippen LogP contribution in [0.2, 0.25) is 0 Å². The maximum Gasteiger partial charge on any atom is 0.234 e. The van der Waals surface area contributed by atoms with Gasteiger partial charge in [-0.15, -0.1) is 0 Å². The third kappa shape index (κ3) is 5.59. The maximum absolute atomic E-state index is 10.0. The molecule has 0 aromatic carbocycles. The van der Waals surface area contributed by atoms with Gasteiger partial charge in [-0.25, -0.2) is 9.79 Å². The van der Waals surface area contributed by atoms with Crippen molar-refractivity contribution in [3.05, 3.63) is 0 Å². The Morgan fingerprint density at radius 2 is 1.77 bits per heavy atom. The predicted molar refractivity (Wildman–Crippen MR) is 55.5 cm³/mol. The van der Waals surface area contributed by atoms with Gasteiger partial charge in [0, 0.05) is 0 Å². The minimum atomic E-state index is 0.148. The molecule has 0 bridgehead atoms. The van der Waals surface area contributed by atoms with Crippen LogP contribution in [-0.4, -0.2) is 12.6 Å². The fraction of sp³-hybridized carbons (Fsp3) is 0.909. The van der Waals surface area contributed by atoms with Crippen LogP contribution in [0, 0.1) is 10.8 Å². The molecular weight excluding hydrogens is 162 g/mol. The Morgan fingerprint density at radius 1 is 1.23 bits per heavy atom. The fourth-order valence-corrected chi connectivity index (χ4v) is 1.80. The molecule has 0 aromatic rings. The SMILES string of the molecule is CCC(C)(CN=C=O)CC(C)(C)C. The molecule has 0 fully saturated rings. The molecule has 0 heterocycles. The van der Waals surface area contributed by atoms with Gasteiger partial charge in [0.05, 0.1) is 6.54 Å². The van der Waals surface area contributed by atoms with Gasteiger partial charge in [-0.1, -0.05) is 34.6 Å². The number of aliphatic imine (C=N–C) groups is 1. The molecule has 2 nitrogen and oxygen atoms in total. The van der Waals surface area contributed by atoms with Crippen molar-refractivity contribution >= 4 is 6.08 Å². The molecule has 13 heavy (non-hydrogen) atoms. The van der Waals surface area contributed by atoms with E-state index in [1.807, 2.05) is 0 Å². The molecule has 0 saturated heterocycles. The van der Waals surface area contributed by atoms with E-state index in [1.54, 1.807) is 6.08 Å². The number of nitrogens with zero attached hydrogens (tertiary/aromatic N) is 1. The highest BCUT2D eigenvalue weighted by molar-refractivity contribution is 5.33. The lowest BCUT2D eigenvalue weighted by molar-refractivity contribution is 0.193. The number of hydrogen-bond donors (Lipinski definition) is 0. The van der Waals surface area contributed by atoms with E-state index in [9.17, 15) is 4.79 Å². The number of hydrogen-bond acceptors (Lipinski definition) is 2. The van der Waals surface area contributed by atoms with Crippen molar-refractivity contribution in [1.29, 1.82) is 0 Å². The summed E-state index contributed by atoms with van der Waals surface area (Å²) in [7, 11) is 0. The van der Waals surface area contributed by atoms with Crippen LogP contribution in [0.4, 0.5) is 0 Å². The minimum Gasteiger partial charge on any atom is -0.211 e. The molecule has 1 unspecified atom stereocenters. The zero-order chi connectivity index (χ0) is 10.5. The summed E-state index contributed by atoms with van der Waals surface area (Å²) < 4.78 is 0. The van der Waals surface area contributed by atoms with Gasteiger partial charge >= 0.3 is 0 Å². The highest BCUT2D eigenvalue weighted by Crippen LogP contribution is 2.36. The van der Waals surface area contributed by atoms with E-state index in [-0.39, 0.29) is 5.41 Å². The van der Waals surface area contributed by atoms with Crippen LogP contribution < -0.4 is 0 Å². The average molecular weight is 183 g/mol. The fourth-order valence-electron chi connectivity index (χ4n) is 1.80. The van der Waals surface area contributed by atoms with E-state index in [0.717, 1.165) is 12.8 Å². The monoisotopic (exact) mass is 183 g/mol. The summed E-state index contributed by atoms with van der Waals surface area (Å²) in [5.41, 5.74) is 0.443. The molecular formula is C11H21NO. The van der Waals surface area contributed by atoms with Crippen molar-refractivity contribution in [3.8, 4) is 0 Å². The van der Waals surface area contributed by atoms with E-state index < -0.39 is 0 Å². The van der Waals surface area contributed by atoms with Crippen LogP contribution in [0.1, 0.15) is 47.5 Å². The van der Waals surface area contributed by atoms with Gasteiger partial charge in [0.15, 0.2) is 0 Å². The Morgan fingerprint density at radius 3 is 2.08 bits per heavy atom. The highest BCUT2D eigenvalue weighted by atomic mass is 16.1.